The van der Waals surface area contributed by atoms with Crippen molar-refractivity contribution in [3.05, 3.63) is 106 Å². The van der Waals surface area contributed by atoms with Gasteiger partial charge in [-0.25, -0.2) is 0 Å². The van der Waals surface area contributed by atoms with Gasteiger partial charge in [0.2, 0.25) is 0 Å². The molecule has 0 aliphatic heterocycles. The maximum Gasteiger partial charge on any atom is 0.323 e. The second kappa shape index (κ2) is 9.74. The molecule has 0 amide bonds. The fourth-order valence-corrected chi connectivity index (χ4v) is 3.89. The highest BCUT2D eigenvalue weighted by Gasteiger charge is 2.19. The van der Waals surface area contributed by atoms with Crippen molar-refractivity contribution in [3.8, 4) is 0 Å². The summed E-state index contributed by atoms with van der Waals surface area (Å²) in [4.78, 5) is 15.2. The van der Waals surface area contributed by atoms with Crippen molar-refractivity contribution in [2.24, 2.45) is 5.16 Å². The van der Waals surface area contributed by atoms with E-state index in [1.54, 1.807) is 0 Å². The average molecular weight is 414 g/mol. The van der Waals surface area contributed by atoms with Gasteiger partial charge < -0.3 is 4.84 Å². The Kier molecular flexibility index (Phi) is 7.06. The third-order valence-electron chi connectivity index (χ3n) is 5.75. The van der Waals surface area contributed by atoms with Crippen LogP contribution in [0.25, 0.3) is 0 Å². The predicted octanol–water partition coefficient (Wildman–Crippen LogP) is 6.56. The standard InChI is InChI=1S/C28H31NO2/c1-20-11-12-24(18-26(20)21(2)29-31-19-30)27(17-22-9-7-6-8-10-22)23-13-15-25(16-14-23)28(3,4)5/h6-16,18-19,27H,17H2,1-5H3/b29-21-. The molecular weight excluding hydrogens is 382 g/mol. The first-order valence-electron chi connectivity index (χ1n) is 10.7. The SMILES string of the molecule is C/C(=N/OC=O)c1cc(C(Cc2ccccc2)c2ccc(C(C)(C)C)cc2)ccc1C. The largest absolute Gasteiger partial charge is 0.323 e. The molecule has 160 valence electrons. The summed E-state index contributed by atoms with van der Waals surface area (Å²) in [6.45, 7) is 11.0. The molecule has 0 aliphatic carbocycles. The van der Waals surface area contributed by atoms with Crippen molar-refractivity contribution >= 4 is 12.2 Å². The summed E-state index contributed by atoms with van der Waals surface area (Å²) in [6.07, 6.45) is 0.902. The molecule has 0 saturated carbocycles. The molecule has 0 aromatic heterocycles. The lowest BCUT2D eigenvalue weighted by molar-refractivity contribution is -0.128. The molecule has 0 radical (unpaired) electrons. The number of hydrogen-bond donors (Lipinski definition) is 0. The molecule has 0 spiro atoms. The fraction of sp³-hybridized carbons (Fsp3) is 0.286. The quantitative estimate of drug-likeness (QED) is 0.190. The van der Waals surface area contributed by atoms with Crippen molar-refractivity contribution in [2.45, 2.75) is 52.4 Å². The van der Waals surface area contributed by atoms with Gasteiger partial charge in [-0.2, -0.15) is 0 Å². The Morgan fingerprint density at radius 2 is 1.61 bits per heavy atom. The Balaban J connectivity index is 2.05. The minimum Gasteiger partial charge on any atom is -0.321 e. The van der Waals surface area contributed by atoms with Gasteiger partial charge in [0, 0.05) is 11.5 Å². The lowest BCUT2D eigenvalue weighted by Crippen LogP contribution is -2.12. The van der Waals surface area contributed by atoms with E-state index in [4.69, 9.17) is 0 Å². The van der Waals surface area contributed by atoms with Crippen molar-refractivity contribution in [1.29, 1.82) is 0 Å². The van der Waals surface area contributed by atoms with Gasteiger partial charge in [0.05, 0.1) is 5.71 Å². The third kappa shape index (κ3) is 5.69. The molecule has 3 nitrogen and oxygen atoms in total. The summed E-state index contributed by atoms with van der Waals surface area (Å²) in [5, 5.41) is 3.92. The van der Waals surface area contributed by atoms with Gasteiger partial charge in [0.1, 0.15) is 0 Å². The molecule has 0 heterocycles. The Morgan fingerprint density at radius 3 is 2.23 bits per heavy atom. The van der Waals surface area contributed by atoms with Crippen LogP contribution >= 0.6 is 0 Å². The van der Waals surface area contributed by atoms with E-state index in [1.807, 2.05) is 19.9 Å². The molecule has 0 N–H and O–H groups in total. The maximum absolute atomic E-state index is 10.6. The Morgan fingerprint density at radius 1 is 0.968 bits per heavy atom. The number of aryl methyl sites for hydroxylation is 1. The molecule has 3 aromatic carbocycles. The Hall–Kier alpha value is -3.20. The zero-order valence-electron chi connectivity index (χ0n) is 19.1. The highest BCUT2D eigenvalue weighted by molar-refractivity contribution is 6.00. The van der Waals surface area contributed by atoms with Crippen LogP contribution in [0.15, 0.2) is 78.0 Å². The van der Waals surface area contributed by atoms with E-state index in [0.717, 1.165) is 17.5 Å². The van der Waals surface area contributed by atoms with Crippen LogP contribution in [0.4, 0.5) is 0 Å². The molecule has 1 atom stereocenters. The van der Waals surface area contributed by atoms with Crippen molar-refractivity contribution in [3.63, 3.8) is 0 Å². The molecule has 0 fully saturated rings. The molecule has 0 aliphatic rings. The van der Waals surface area contributed by atoms with Crippen LogP contribution in [-0.2, 0) is 21.5 Å². The van der Waals surface area contributed by atoms with Crippen LogP contribution < -0.4 is 0 Å². The highest BCUT2D eigenvalue weighted by Crippen LogP contribution is 2.32. The monoisotopic (exact) mass is 413 g/mol. The van der Waals surface area contributed by atoms with Gasteiger partial charge >= 0.3 is 6.47 Å². The number of benzene rings is 3. The van der Waals surface area contributed by atoms with Crippen LogP contribution in [0, 0.1) is 6.92 Å². The van der Waals surface area contributed by atoms with Crippen LogP contribution in [0.1, 0.15) is 67.0 Å². The van der Waals surface area contributed by atoms with Gasteiger partial charge in [-0.15, -0.1) is 0 Å². The summed E-state index contributed by atoms with van der Waals surface area (Å²) in [5.74, 6) is 0.204. The van der Waals surface area contributed by atoms with Crippen molar-refractivity contribution in [2.75, 3.05) is 0 Å². The maximum atomic E-state index is 10.6. The van der Waals surface area contributed by atoms with E-state index in [-0.39, 0.29) is 11.3 Å². The molecule has 3 rings (SSSR count). The average Bonchev–Trinajstić information content (AvgIpc) is 2.76. The summed E-state index contributed by atoms with van der Waals surface area (Å²) >= 11 is 0. The first-order valence-corrected chi connectivity index (χ1v) is 10.7. The molecule has 0 bridgehead atoms. The number of carbonyl (C=O) groups excluding carboxylic acids is 1. The molecule has 3 aromatic rings. The highest BCUT2D eigenvalue weighted by atomic mass is 16.7. The van der Waals surface area contributed by atoms with Crippen LogP contribution in [-0.4, -0.2) is 12.2 Å². The fourth-order valence-electron chi connectivity index (χ4n) is 3.89. The van der Waals surface area contributed by atoms with Crippen molar-refractivity contribution in [1.82, 2.24) is 0 Å². The predicted molar refractivity (Wildman–Crippen MR) is 128 cm³/mol. The van der Waals surface area contributed by atoms with Crippen LogP contribution in [0.5, 0.6) is 0 Å². The lowest BCUT2D eigenvalue weighted by atomic mass is 9.81. The molecule has 3 heteroatoms. The minimum absolute atomic E-state index is 0.122. The number of rotatable bonds is 7. The number of carbonyl (C=O) groups is 1. The zero-order chi connectivity index (χ0) is 22.4. The Labute approximate surface area is 185 Å². The van der Waals surface area contributed by atoms with E-state index in [1.165, 1.54) is 22.3 Å². The van der Waals surface area contributed by atoms with Gasteiger partial charge in [-0.1, -0.05) is 92.7 Å². The van der Waals surface area contributed by atoms with Gasteiger partial charge in [-0.05, 0) is 59.6 Å². The van der Waals surface area contributed by atoms with Crippen molar-refractivity contribution < 1.29 is 9.63 Å². The smallest absolute Gasteiger partial charge is 0.321 e. The van der Waals surface area contributed by atoms with E-state index in [2.05, 4.69) is 97.5 Å². The number of hydrogen-bond acceptors (Lipinski definition) is 3. The summed E-state index contributed by atoms with van der Waals surface area (Å²) in [5.41, 5.74) is 8.02. The molecule has 31 heavy (non-hydrogen) atoms. The van der Waals surface area contributed by atoms with Crippen LogP contribution in [0.2, 0.25) is 0 Å². The van der Waals surface area contributed by atoms with Gasteiger partial charge in [0.15, 0.2) is 0 Å². The minimum atomic E-state index is 0.122. The lowest BCUT2D eigenvalue weighted by Gasteiger charge is -2.23. The molecule has 1 unspecified atom stereocenters. The van der Waals surface area contributed by atoms with E-state index >= 15 is 0 Å². The summed E-state index contributed by atoms with van der Waals surface area (Å²) < 4.78 is 0. The molecular formula is C28H31NO2. The van der Waals surface area contributed by atoms with E-state index in [9.17, 15) is 4.79 Å². The first-order chi connectivity index (χ1) is 14.8. The van der Waals surface area contributed by atoms with Crippen LogP contribution in [0.3, 0.4) is 0 Å². The third-order valence-corrected chi connectivity index (χ3v) is 5.75. The molecule has 0 saturated heterocycles. The van der Waals surface area contributed by atoms with E-state index < -0.39 is 0 Å². The normalized spacial score (nSPS) is 13.0. The topological polar surface area (TPSA) is 38.7 Å². The summed E-state index contributed by atoms with van der Waals surface area (Å²) in [6, 6.07) is 26.1. The second-order valence-corrected chi connectivity index (χ2v) is 9.07. The summed E-state index contributed by atoms with van der Waals surface area (Å²) in [7, 11) is 0. The number of nitrogens with zero attached hydrogens (tertiary/aromatic N) is 1. The van der Waals surface area contributed by atoms with E-state index in [0.29, 0.717) is 12.2 Å². The second-order valence-electron chi connectivity index (χ2n) is 9.07. The zero-order valence-corrected chi connectivity index (χ0v) is 19.1. The Bertz CT molecular complexity index is 1040. The first kappa shape index (κ1) is 22.5. The van der Waals surface area contributed by atoms with Gasteiger partial charge in [-0.3, -0.25) is 4.79 Å². The number of oxime groups is 1. The van der Waals surface area contributed by atoms with Gasteiger partial charge in [0.25, 0.3) is 0 Å².